The fourth-order valence-electron chi connectivity index (χ4n) is 1.64. The quantitative estimate of drug-likeness (QED) is 0.870. The molecule has 100 valence electrons. The minimum atomic E-state index is -0.408. The number of benzene rings is 1. The summed E-state index contributed by atoms with van der Waals surface area (Å²) in [7, 11) is 1.58. The third-order valence-electron chi connectivity index (χ3n) is 2.45. The van der Waals surface area contributed by atoms with Crippen LogP contribution in [0.2, 0.25) is 0 Å². The average Bonchev–Trinajstić information content (AvgIpc) is 2.81. The van der Waals surface area contributed by atoms with Crippen molar-refractivity contribution >= 4 is 22.4 Å². The lowest BCUT2D eigenvalue weighted by Gasteiger charge is -2.04. The zero-order valence-corrected chi connectivity index (χ0v) is 11.5. The van der Waals surface area contributed by atoms with Gasteiger partial charge in [-0.15, -0.1) is 0 Å². The van der Waals surface area contributed by atoms with Crippen LogP contribution in [-0.2, 0) is 4.74 Å². The maximum Gasteiger partial charge on any atom is 0.350 e. The minimum Gasteiger partial charge on any atom is -0.497 e. The largest absolute Gasteiger partial charge is 0.497 e. The van der Waals surface area contributed by atoms with E-state index in [1.165, 1.54) is 0 Å². The zero-order chi connectivity index (χ0) is 13.8. The van der Waals surface area contributed by atoms with E-state index in [0.717, 1.165) is 16.9 Å². The Morgan fingerprint density at radius 3 is 2.95 bits per heavy atom. The predicted octanol–water partition coefficient (Wildman–Crippen LogP) is 2.58. The summed E-state index contributed by atoms with van der Waals surface area (Å²) in [6, 6.07) is 7.30. The molecule has 0 atom stereocenters. The van der Waals surface area contributed by atoms with Crippen molar-refractivity contribution in [2.75, 3.05) is 19.5 Å². The van der Waals surface area contributed by atoms with E-state index in [2.05, 4.69) is 4.98 Å². The highest BCUT2D eigenvalue weighted by atomic mass is 32.1. The summed E-state index contributed by atoms with van der Waals surface area (Å²) in [6.45, 7) is 2.07. The molecule has 6 heteroatoms. The van der Waals surface area contributed by atoms with Crippen LogP contribution in [0.5, 0.6) is 5.75 Å². The molecule has 5 nitrogen and oxygen atoms in total. The van der Waals surface area contributed by atoms with Gasteiger partial charge in [0.2, 0.25) is 0 Å². The Hall–Kier alpha value is -2.08. The lowest BCUT2D eigenvalue weighted by atomic mass is 10.1. The third-order valence-corrected chi connectivity index (χ3v) is 3.31. The average molecular weight is 278 g/mol. The number of hydrogen-bond donors (Lipinski definition) is 1. The molecule has 0 fully saturated rings. The van der Waals surface area contributed by atoms with E-state index in [0.29, 0.717) is 28.1 Å². The molecule has 1 heterocycles. The molecule has 0 aliphatic rings. The van der Waals surface area contributed by atoms with Crippen molar-refractivity contribution in [2.45, 2.75) is 6.92 Å². The van der Waals surface area contributed by atoms with Crippen LogP contribution >= 0.6 is 11.3 Å². The molecule has 2 N–H and O–H groups in total. The van der Waals surface area contributed by atoms with E-state index in [1.54, 1.807) is 20.1 Å². The number of thiazole rings is 1. The van der Waals surface area contributed by atoms with Crippen molar-refractivity contribution in [3.8, 4) is 17.0 Å². The molecule has 2 aromatic rings. The Morgan fingerprint density at radius 1 is 1.47 bits per heavy atom. The number of esters is 1. The number of rotatable bonds is 4. The maximum absolute atomic E-state index is 11.9. The highest BCUT2D eigenvalue weighted by Crippen LogP contribution is 2.31. The van der Waals surface area contributed by atoms with Crippen molar-refractivity contribution in [1.29, 1.82) is 0 Å². The second kappa shape index (κ2) is 5.71. The molecule has 19 heavy (non-hydrogen) atoms. The van der Waals surface area contributed by atoms with Gasteiger partial charge in [-0.2, -0.15) is 0 Å². The lowest BCUT2D eigenvalue weighted by molar-refractivity contribution is 0.0532. The SMILES string of the molecule is CCOC(=O)c1sc(N)nc1-c1cccc(OC)c1. The number of nitrogens with two attached hydrogens (primary N) is 1. The topological polar surface area (TPSA) is 74.4 Å². The molecule has 0 saturated heterocycles. The van der Waals surface area contributed by atoms with Crippen molar-refractivity contribution in [3.05, 3.63) is 29.1 Å². The van der Waals surface area contributed by atoms with E-state index >= 15 is 0 Å². The molecule has 0 radical (unpaired) electrons. The van der Waals surface area contributed by atoms with Crippen LogP contribution in [0.1, 0.15) is 16.6 Å². The molecule has 0 aliphatic heterocycles. The van der Waals surface area contributed by atoms with E-state index in [4.69, 9.17) is 15.2 Å². The van der Waals surface area contributed by atoms with Gasteiger partial charge in [-0.05, 0) is 19.1 Å². The monoisotopic (exact) mass is 278 g/mol. The van der Waals surface area contributed by atoms with Gasteiger partial charge < -0.3 is 15.2 Å². The van der Waals surface area contributed by atoms with Crippen molar-refractivity contribution < 1.29 is 14.3 Å². The predicted molar refractivity (Wildman–Crippen MR) is 74.5 cm³/mol. The van der Waals surface area contributed by atoms with Crippen LogP contribution in [0.3, 0.4) is 0 Å². The number of nitrogen functional groups attached to an aromatic ring is 1. The number of nitrogens with zero attached hydrogens (tertiary/aromatic N) is 1. The van der Waals surface area contributed by atoms with Crippen LogP contribution in [0.15, 0.2) is 24.3 Å². The first-order valence-electron chi connectivity index (χ1n) is 5.73. The zero-order valence-electron chi connectivity index (χ0n) is 10.7. The summed E-state index contributed by atoms with van der Waals surface area (Å²) in [4.78, 5) is 16.5. The van der Waals surface area contributed by atoms with Gasteiger partial charge in [0.15, 0.2) is 5.13 Å². The van der Waals surface area contributed by atoms with Crippen LogP contribution in [0, 0.1) is 0 Å². The molecule has 0 amide bonds. The van der Waals surface area contributed by atoms with Crippen LogP contribution in [-0.4, -0.2) is 24.7 Å². The number of carbonyl (C=O) groups is 1. The van der Waals surface area contributed by atoms with Crippen LogP contribution < -0.4 is 10.5 Å². The van der Waals surface area contributed by atoms with E-state index in [-0.39, 0.29) is 0 Å². The lowest BCUT2D eigenvalue weighted by Crippen LogP contribution is -2.04. The fourth-order valence-corrected chi connectivity index (χ4v) is 2.39. The Labute approximate surface area is 115 Å². The molecule has 1 aromatic carbocycles. The number of methoxy groups -OCH3 is 1. The molecule has 0 spiro atoms. The van der Waals surface area contributed by atoms with Gasteiger partial charge in [0, 0.05) is 5.56 Å². The molecule has 1 aromatic heterocycles. The van der Waals surface area contributed by atoms with Gasteiger partial charge in [0.1, 0.15) is 10.6 Å². The molecular formula is C13H14N2O3S. The molecule has 0 unspecified atom stereocenters. The number of anilines is 1. The van der Waals surface area contributed by atoms with E-state index in [1.807, 2.05) is 18.2 Å². The number of carbonyl (C=O) groups excluding carboxylic acids is 1. The molecule has 0 bridgehead atoms. The number of hydrogen-bond acceptors (Lipinski definition) is 6. The summed E-state index contributed by atoms with van der Waals surface area (Å²) in [5.41, 5.74) is 6.99. The first-order chi connectivity index (χ1) is 9.15. The van der Waals surface area contributed by atoms with Crippen LogP contribution in [0.25, 0.3) is 11.3 Å². The Morgan fingerprint density at radius 2 is 2.26 bits per heavy atom. The summed E-state index contributed by atoms with van der Waals surface area (Å²) in [5, 5.41) is 0.334. The normalized spacial score (nSPS) is 10.2. The summed E-state index contributed by atoms with van der Waals surface area (Å²) < 4.78 is 10.2. The molecule has 0 aliphatic carbocycles. The highest BCUT2D eigenvalue weighted by molar-refractivity contribution is 7.17. The van der Waals surface area contributed by atoms with Gasteiger partial charge >= 0.3 is 5.97 Å². The highest BCUT2D eigenvalue weighted by Gasteiger charge is 2.19. The summed E-state index contributed by atoms with van der Waals surface area (Å²) in [6.07, 6.45) is 0. The fraction of sp³-hybridized carbons (Fsp3) is 0.231. The van der Waals surface area contributed by atoms with Gasteiger partial charge in [0.05, 0.1) is 19.4 Å². The van der Waals surface area contributed by atoms with E-state index in [9.17, 15) is 4.79 Å². The van der Waals surface area contributed by atoms with Gasteiger partial charge in [-0.1, -0.05) is 23.5 Å². The Bertz CT molecular complexity index is 595. The molecular weight excluding hydrogens is 264 g/mol. The molecule has 0 saturated carbocycles. The van der Waals surface area contributed by atoms with Crippen molar-refractivity contribution in [3.63, 3.8) is 0 Å². The third kappa shape index (κ3) is 2.85. The maximum atomic E-state index is 11.9. The van der Waals surface area contributed by atoms with Crippen LogP contribution in [0.4, 0.5) is 5.13 Å². The standard InChI is InChI=1S/C13H14N2O3S/c1-3-18-12(16)11-10(15-13(14)19-11)8-5-4-6-9(7-8)17-2/h4-7H,3H2,1-2H3,(H2,14,15). The van der Waals surface area contributed by atoms with E-state index < -0.39 is 5.97 Å². The first kappa shape index (κ1) is 13.4. The number of aromatic nitrogens is 1. The summed E-state index contributed by atoms with van der Waals surface area (Å²) in [5.74, 6) is 0.286. The summed E-state index contributed by atoms with van der Waals surface area (Å²) >= 11 is 1.12. The van der Waals surface area contributed by atoms with Gasteiger partial charge in [-0.25, -0.2) is 9.78 Å². The second-order valence-electron chi connectivity index (χ2n) is 3.68. The second-order valence-corrected chi connectivity index (χ2v) is 4.71. The Balaban J connectivity index is 2.46. The van der Waals surface area contributed by atoms with Gasteiger partial charge in [-0.3, -0.25) is 0 Å². The molecule has 2 rings (SSSR count). The smallest absolute Gasteiger partial charge is 0.350 e. The van der Waals surface area contributed by atoms with Crippen molar-refractivity contribution in [1.82, 2.24) is 4.98 Å². The first-order valence-corrected chi connectivity index (χ1v) is 6.55. The Kier molecular flexibility index (Phi) is 4.01. The minimum absolute atomic E-state index is 0.314. The number of ether oxygens (including phenoxy) is 2. The van der Waals surface area contributed by atoms with Gasteiger partial charge in [0.25, 0.3) is 0 Å². The van der Waals surface area contributed by atoms with Crippen molar-refractivity contribution in [2.24, 2.45) is 0 Å².